The molecule has 1 N–H and O–H groups in total. The molecule has 0 aromatic heterocycles. The number of aliphatic hydroxyl groups is 1. The maximum absolute atomic E-state index is 8.64. The molecule has 1 aliphatic carbocycles. The van der Waals surface area contributed by atoms with Crippen molar-refractivity contribution < 1.29 is 9.84 Å². The standard InChI is InChI=1S/C15H18O2/c1-12-11-13(5-4-10-16)8-9-15(12)17-14-6-2-3-7-14/h8-9,11,14,16H,2-3,6-7,10H2,1H3. The summed E-state index contributed by atoms with van der Waals surface area (Å²) in [6.07, 6.45) is 5.30. The quantitative estimate of drug-likeness (QED) is 0.791. The van der Waals surface area contributed by atoms with Gasteiger partial charge in [0.15, 0.2) is 0 Å². The van der Waals surface area contributed by atoms with Crippen molar-refractivity contribution in [3.05, 3.63) is 29.3 Å². The summed E-state index contributed by atoms with van der Waals surface area (Å²) in [5.74, 6) is 6.51. The second kappa shape index (κ2) is 5.75. The number of ether oxygens (including phenoxy) is 1. The van der Waals surface area contributed by atoms with E-state index in [1.807, 2.05) is 25.1 Å². The summed E-state index contributed by atoms with van der Waals surface area (Å²) >= 11 is 0. The van der Waals surface area contributed by atoms with E-state index in [1.165, 1.54) is 25.7 Å². The summed E-state index contributed by atoms with van der Waals surface area (Å²) in [6, 6.07) is 5.93. The Morgan fingerprint density at radius 3 is 2.76 bits per heavy atom. The van der Waals surface area contributed by atoms with Gasteiger partial charge in [-0.15, -0.1) is 0 Å². The van der Waals surface area contributed by atoms with Crippen molar-refractivity contribution in [3.8, 4) is 17.6 Å². The van der Waals surface area contributed by atoms with E-state index >= 15 is 0 Å². The second-order valence-electron chi connectivity index (χ2n) is 4.46. The maximum Gasteiger partial charge on any atom is 0.122 e. The number of aliphatic hydroxyl groups excluding tert-OH is 1. The molecule has 2 heteroatoms. The minimum Gasteiger partial charge on any atom is -0.490 e. The van der Waals surface area contributed by atoms with Gasteiger partial charge < -0.3 is 9.84 Å². The van der Waals surface area contributed by atoms with E-state index in [1.54, 1.807) is 0 Å². The molecule has 0 aliphatic heterocycles. The summed E-state index contributed by atoms with van der Waals surface area (Å²) < 4.78 is 5.97. The normalized spacial score (nSPS) is 15.4. The van der Waals surface area contributed by atoms with Gasteiger partial charge in [-0.25, -0.2) is 0 Å². The third kappa shape index (κ3) is 3.25. The lowest BCUT2D eigenvalue weighted by Crippen LogP contribution is -2.11. The highest BCUT2D eigenvalue weighted by molar-refractivity contribution is 5.43. The summed E-state index contributed by atoms with van der Waals surface area (Å²) in [7, 11) is 0. The highest BCUT2D eigenvalue weighted by Gasteiger charge is 2.17. The molecule has 0 heterocycles. The van der Waals surface area contributed by atoms with Gasteiger partial charge in [0, 0.05) is 5.56 Å². The van der Waals surface area contributed by atoms with Gasteiger partial charge in [-0.2, -0.15) is 0 Å². The zero-order valence-electron chi connectivity index (χ0n) is 10.2. The van der Waals surface area contributed by atoms with Crippen molar-refractivity contribution >= 4 is 0 Å². The van der Waals surface area contributed by atoms with Crippen LogP contribution in [0.2, 0.25) is 0 Å². The lowest BCUT2D eigenvalue weighted by atomic mass is 10.1. The molecule has 1 aliphatic rings. The molecule has 1 aromatic carbocycles. The molecule has 0 saturated heterocycles. The number of hydrogen-bond donors (Lipinski definition) is 1. The van der Waals surface area contributed by atoms with Crippen LogP contribution < -0.4 is 4.74 Å². The fraction of sp³-hybridized carbons (Fsp3) is 0.467. The molecule has 1 saturated carbocycles. The Labute approximate surface area is 103 Å². The third-order valence-corrected chi connectivity index (χ3v) is 3.08. The highest BCUT2D eigenvalue weighted by atomic mass is 16.5. The average molecular weight is 230 g/mol. The summed E-state index contributed by atoms with van der Waals surface area (Å²) in [5.41, 5.74) is 2.04. The van der Waals surface area contributed by atoms with Crippen LogP contribution in [0.25, 0.3) is 0 Å². The van der Waals surface area contributed by atoms with Gasteiger partial charge in [0.25, 0.3) is 0 Å². The van der Waals surface area contributed by atoms with E-state index in [0.717, 1.165) is 16.9 Å². The summed E-state index contributed by atoms with van der Waals surface area (Å²) in [5, 5.41) is 8.64. The fourth-order valence-corrected chi connectivity index (χ4v) is 2.19. The van der Waals surface area contributed by atoms with Crippen LogP contribution in [0.15, 0.2) is 18.2 Å². The zero-order chi connectivity index (χ0) is 12.1. The molecule has 17 heavy (non-hydrogen) atoms. The lowest BCUT2D eigenvalue weighted by Gasteiger charge is -2.15. The van der Waals surface area contributed by atoms with Crippen LogP contribution in [0.5, 0.6) is 5.75 Å². The van der Waals surface area contributed by atoms with Gasteiger partial charge in [-0.1, -0.05) is 11.8 Å². The topological polar surface area (TPSA) is 29.5 Å². The minimum atomic E-state index is -0.0978. The molecule has 90 valence electrons. The van der Waals surface area contributed by atoms with E-state index in [0.29, 0.717) is 6.10 Å². The summed E-state index contributed by atoms with van der Waals surface area (Å²) in [6.45, 7) is 1.94. The number of aryl methyl sites for hydroxylation is 1. The molecule has 1 fully saturated rings. The van der Waals surface area contributed by atoms with E-state index in [4.69, 9.17) is 9.84 Å². The Hall–Kier alpha value is -1.46. The van der Waals surface area contributed by atoms with E-state index in [-0.39, 0.29) is 6.61 Å². The Kier molecular flexibility index (Phi) is 4.06. The maximum atomic E-state index is 8.64. The van der Waals surface area contributed by atoms with E-state index < -0.39 is 0 Å². The summed E-state index contributed by atoms with van der Waals surface area (Å²) in [4.78, 5) is 0. The van der Waals surface area contributed by atoms with Crippen molar-refractivity contribution in [2.24, 2.45) is 0 Å². The molecular formula is C15H18O2. The Morgan fingerprint density at radius 1 is 1.35 bits per heavy atom. The average Bonchev–Trinajstić information content (AvgIpc) is 2.82. The molecule has 0 unspecified atom stereocenters. The lowest BCUT2D eigenvalue weighted by molar-refractivity contribution is 0.208. The molecule has 0 atom stereocenters. The molecular weight excluding hydrogens is 212 g/mol. The van der Waals surface area contributed by atoms with Crippen LogP contribution in [0, 0.1) is 18.8 Å². The molecule has 0 amide bonds. The van der Waals surface area contributed by atoms with Gasteiger partial charge in [-0.3, -0.25) is 0 Å². The first-order valence-corrected chi connectivity index (χ1v) is 6.16. The fourth-order valence-electron chi connectivity index (χ4n) is 2.19. The van der Waals surface area contributed by atoms with Crippen LogP contribution >= 0.6 is 0 Å². The van der Waals surface area contributed by atoms with Crippen LogP contribution in [0.3, 0.4) is 0 Å². The first kappa shape index (κ1) is 12.0. The largest absolute Gasteiger partial charge is 0.490 e. The Balaban J connectivity index is 2.08. The molecule has 0 radical (unpaired) electrons. The number of rotatable bonds is 2. The van der Waals surface area contributed by atoms with E-state index in [2.05, 4.69) is 11.8 Å². The van der Waals surface area contributed by atoms with Crippen molar-refractivity contribution in [3.63, 3.8) is 0 Å². The third-order valence-electron chi connectivity index (χ3n) is 3.08. The highest BCUT2D eigenvalue weighted by Crippen LogP contribution is 2.26. The van der Waals surface area contributed by atoms with Crippen LogP contribution in [0.1, 0.15) is 36.8 Å². The number of hydrogen-bond acceptors (Lipinski definition) is 2. The van der Waals surface area contributed by atoms with Crippen molar-refractivity contribution in [1.82, 2.24) is 0 Å². The SMILES string of the molecule is Cc1cc(C#CCO)ccc1OC1CCCC1. The van der Waals surface area contributed by atoms with Crippen molar-refractivity contribution in [1.29, 1.82) is 0 Å². The van der Waals surface area contributed by atoms with Gasteiger partial charge in [0.2, 0.25) is 0 Å². The second-order valence-corrected chi connectivity index (χ2v) is 4.46. The van der Waals surface area contributed by atoms with Gasteiger partial charge in [-0.05, 0) is 56.4 Å². The monoisotopic (exact) mass is 230 g/mol. The Bertz CT molecular complexity index is 434. The molecule has 0 bridgehead atoms. The van der Waals surface area contributed by atoms with Crippen molar-refractivity contribution in [2.75, 3.05) is 6.61 Å². The van der Waals surface area contributed by atoms with Gasteiger partial charge in [0.1, 0.15) is 12.4 Å². The smallest absolute Gasteiger partial charge is 0.122 e. The first-order valence-electron chi connectivity index (χ1n) is 6.16. The first-order chi connectivity index (χ1) is 8.29. The number of benzene rings is 1. The molecule has 1 aromatic rings. The zero-order valence-corrected chi connectivity index (χ0v) is 10.2. The van der Waals surface area contributed by atoms with Crippen LogP contribution in [-0.2, 0) is 0 Å². The van der Waals surface area contributed by atoms with Gasteiger partial charge in [0.05, 0.1) is 6.10 Å². The van der Waals surface area contributed by atoms with Crippen LogP contribution in [-0.4, -0.2) is 17.8 Å². The predicted octanol–water partition coefficient (Wildman–Crippen LogP) is 2.66. The Morgan fingerprint density at radius 2 is 2.12 bits per heavy atom. The van der Waals surface area contributed by atoms with Gasteiger partial charge >= 0.3 is 0 Å². The van der Waals surface area contributed by atoms with Crippen LogP contribution in [0.4, 0.5) is 0 Å². The molecule has 2 nitrogen and oxygen atoms in total. The van der Waals surface area contributed by atoms with E-state index in [9.17, 15) is 0 Å². The molecule has 2 rings (SSSR count). The minimum absolute atomic E-state index is 0.0978. The van der Waals surface area contributed by atoms with Crippen molar-refractivity contribution in [2.45, 2.75) is 38.7 Å². The molecule has 0 spiro atoms. The predicted molar refractivity (Wildman–Crippen MR) is 68.0 cm³/mol.